The van der Waals surface area contributed by atoms with Gasteiger partial charge in [0, 0.05) is 11.8 Å². The molecule has 1 aromatic heterocycles. The number of rotatable bonds is 5. The Morgan fingerprint density at radius 3 is 2.53 bits per heavy atom. The van der Waals surface area contributed by atoms with E-state index in [0.29, 0.717) is 20.3 Å². The van der Waals surface area contributed by atoms with Crippen LogP contribution in [0.3, 0.4) is 0 Å². The van der Waals surface area contributed by atoms with Crippen molar-refractivity contribution in [1.29, 1.82) is 0 Å². The molecule has 0 saturated carbocycles. The van der Waals surface area contributed by atoms with Crippen molar-refractivity contribution in [2.75, 3.05) is 12.9 Å². The van der Waals surface area contributed by atoms with Crippen molar-refractivity contribution in [2.24, 2.45) is 4.99 Å². The van der Waals surface area contributed by atoms with Gasteiger partial charge in [-0.1, -0.05) is 40.6 Å². The van der Waals surface area contributed by atoms with Gasteiger partial charge in [0.1, 0.15) is 6.54 Å². The van der Waals surface area contributed by atoms with Crippen LogP contribution in [0.15, 0.2) is 46.3 Å². The number of benzene rings is 2. The Balaban J connectivity index is 2.18. The van der Waals surface area contributed by atoms with Gasteiger partial charge in [0.05, 0.1) is 31.8 Å². The summed E-state index contributed by atoms with van der Waals surface area (Å²) in [4.78, 5) is 29.2. The molecule has 0 atom stereocenters. The molecule has 0 bridgehead atoms. The molecule has 0 N–H and O–H groups in total. The first-order valence-electron chi connectivity index (χ1n) is 8.64. The second kappa shape index (κ2) is 8.89. The quantitative estimate of drug-likeness (QED) is 0.512. The fraction of sp³-hybridized carbons (Fsp3) is 0.211. The first-order valence-corrected chi connectivity index (χ1v) is 12.1. The highest BCUT2D eigenvalue weighted by molar-refractivity contribution is 7.90. The lowest BCUT2D eigenvalue weighted by Gasteiger charge is -2.06. The van der Waals surface area contributed by atoms with Gasteiger partial charge in [-0.15, -0.1) is 0 Å². The third kappa shape index (κ3) is 4.75. The number of halogens is 2. The number of hydrogen-bond donors (Lipinski definition) is 0. The van der Waals surface area contributed by atoms with Crippen LogP contribution in [0.4, 0.5) is 0 Å². The highest BCUT2D eigenvalue weighted by atomic mass is 35.5. The van der Waals surface area contributed by atoms with E-state index in [1.54, 1.807) is 19.1 Å². The minimum absolute atomic E-state index is 0.00498. The van der Waals surface area contributed by atoms with Gasteiger partial charge in [0.15, 0.2) is 14.6 Å². The van der Waals surface area contributed by atoms with Gasteiger partial charge in [-0.05, 0) is 37.3 Å². The largest absolute Gasteiger partial charge is 0.465 e. The molecule has 11 heteroatoms. The van der Waals surface area contributed by atoms with E-state index in [1.807, 2.05) is 0 Å². The van der Waals surface area contributed by atoms with Crippen LogP contribution in [0.1, 0.15) is 17.3 Å². The Kier molecular flexibility index (Phi) is 6.66. The second-order valence-corrected chi connectivity index (χ2v) is 10.0. The van der Waals surface area contributed by atoms with E-state index in [-0.39, 0.29) is 28.4 Å². The summed E-state index contributed by atoms with van der Waals surface area (Å²) in [6.45, 7) is 1.66. The zero-order chi connectivity index (χ0) is 22.1. The van der Waals surface area contributed by atoms with Crippen LogP contribution in [-0.2, 0) is 25.9 Å². The standard InChI is InChI=1S/C19H16Cl2N2O5S2/c1-3-28-15(24)10-23-16-13(20)7-8-14(21)17(16)29-19(23)22-18(25)11-5-4-6-12(9-11)30(2,26)27/h4-9H,3,10H2,1-2H3. The van der Waals surface area contributed by atoms with E-state index in [2.05, 4.69) is 4.99 Å². The third-order valence-electron chi connectivity index (χ3n) is 4.03. The van der Waals surface area contributed by atoms with E-state index >= 15 is 0 Å². The predicted molar refractivity (Wildman–Crippen MR) is 116 cm³/mol. The van der Waals surface area contributed by atoms with Crippen molar-refractivity contribution in [1.82, 2.24) is 4.57 Å². The molecule has 0 radical (unpaired) electrons. The molecule has 0 spiro atoms. The number of ether oxygens (including phenoxy) is 1. The molecule has 2 aromatic carbocycles. The Labute approximate surface area is 186 Å². The normalized spacial score (nSPS) is 12.3. The molecule has 3 rings (SSSR count). The molecule has 0 unspecified atom stereocenters. The van der Waals surface area contributed by atoms with Crippen LogP contribution in [0.5, 0.6) is 0 Å². The van der Waals surface area contributed by atoms with Gasteiger partial charge in [-0.25, -0.2) is 8.42 Å². The Hall–Kier alpha value is -2.20. The van der Waals surface area contributed by atoms with Crippen LogP contribution in [0, 0.1) is 0 Å². The van der Waals surface area contributed by atoms with Crippen molar-refractivity contribution in [2.45, 2.75) is 18.4 Å². The van der Waals surface area contributed by atoms with Crippen LogP contribution >= 0.6 is 34.5 Å². The number of carbonyl (C=O) groups excluding carboxylic acids is 2. The highest BCUT2D eigenvalue weighted by Gasteiger charge is 2.17. The number of amides is 1. The maximum Gasteiger partial charge on any atom is 0.326 e. The number of carbonyl (C=O) groups is 2. The summed E-state index contributed by atoms with van der Waals surface area (Å²) < 4.78 is 30.6. The Morgan fingerprint density at radius 1 is 1.17 bits per heavy atom. The average molecular weight is 487 g/mol. The number of sulfone groups is 1. The van der Waals surface area contributed by atoms with Gasteiger partial charge in [0.25, 0.3) is 5.91 Å². The summed E-state index contributed by atoms with van der Waals surface area (Å²) >= 11 is 13.7. The lowest BCUT2D eigenvalue weighted by molar-refractivity contribution is -0.143. The molecular weight excluding hydrogens is 471 g/mol. The molecule has 0 aliphatic rings. The predicted octanol–water partition coefficient (Wildman–Crippen LogP) is 3.72. The molecule has 30 heavy (non-hydrogen) atoms. The monoisotopic (exact) mass is 486 g/mol. The van der Waals surface area contributed by atoms with Gasteiger partial charge in [-0.2, -0.15) is 4.99 Å². The number of nitrogens with zero attached hydrogens (tertiary/aromatic N) is 2. The summed E-state index contributed by atoms with van der Waals surface area (Å²) in [5.74, 6) is -1.20. The van der Waals surface area contributed by atoms with Gasteiger partial charge in [0.2, 0.25) is 0 Å². The minimum atomic E-state index is -3.49. The lowest BCUT2D eigenvalue weighted by Crippen LogP contribution is -2.23. The van der Waals surface area contributed by atoms with Gasteiger partial charge >= 0.3 is 5.97 Å². The molecule has 0 saturated heterocycles. The fourth-order valence-corrected chi connectivity index (χ4v) is 5.00. The molecule has 0 fully saturated rings. The number of fused-ring (bicyclic) bond motifs is 1. The average Bonchev–Trinajstić information content (AvgIpc) is 3.03. The number of hydrogen-bond acceptors (Lipinski definition) is 6. The molecule has 1 heterocycles. The smallest absolute Gasteiger partial charge is 0.326 e. The van der Waals surface area contributed by atoms with Crippen molar-refractivity contribution < 1.29 is 22.7 Å². The molecule has 158 valence electrons. The van der Waals surface area contributed by atoms with Crippen molar-refractivity contribution in [3.63, 3.8) is 0 Å². The van der Waals surface area contributed by atoms with Crippen LogP contribution < -0.4 is 4.80 Å². The van der Waals surface area contributed by atoms with Crippen molar-refractivity contribution >= 4 is 66.5 Å². The molecule has 0 aliphatic carbocycles. The number of aromatic nitrogens is 1. The van der Waals surface area contributed by atoms with Crippen LogP contribution in [-0.4, -0.2) is 37.7 Å². The first-order chi connectivity index (χ1) is 14.1. The third-order valence-corrected chi connectivity index (χ3v) is 6.98. The molecule has 3 aromatic rings. The molecule has 7 nitrogen and oxygen atoms in total. The van der Waals surface area contributed by atoms with E-state index in [0.717, 1.165) is 17.6 Å². The Bertz CT molecular complexity index is 1330. The summed E-state index contributed by atoms with van der Waals surface area (Å²) in [5, 5.41) is 0.730. The summed E-state index contributed by atoms with van der Waals surface area (Å²) in [5.41, 5.74) is 0.550. The maximum absolute atomic E-state index is 12.8. The first kappa shape index (κ1) is 22.5. The maximum atomic E-state index is 12.8. The van der Waals surface area contributed by atoms with E-state index in [4.69, 9.17) is 27.9 Å². The molecular formula is C19H16Cl2N2O5S2. The number of esters is 1. The summed E-state index contributed by atoms with van der Waals surface area (Å²) in [6, 6.07) is 8.77. The Morgan fingerprint density at radius 2 is 1.87 bits per heavy atom. The summed E-state index contributed by atoms with van der Waals surface area (Å²) in [6.07, 6.45) is 1.05. The van der Waals surface area contributed by atoms with E-state index in [1.165, 1.54) is 28.8 Å². The zero-order valence-corrected chi connectivity index (χ0v) is 19.0. The topological polar surface area (TPSA) is 94.8 Å². The van der Waals surface area contributed by atoms with Crippen molar-refractivity contribution in [3.05, 3.63) is 56.8 Å². The summed E-state index contributed by atoms with van der Waals surface area (Å²) in [7, 11) is -3.49. The highest BCUT2D eigenvalue weighted by Crippen LogP contribution is 2.32. The van der Waals surface area contributed by atoms with E-state index < -0.39 is 21.7 Å². The molecule has 1 amide bonds. The van der Waals surface area contributed by atoms with Crippen LogP contribution in [0.25, 0.3) is 10.2 Å². The second-order valence-electron chi connectivity index (χ2n) is 6.20. The van der Waals surface area contributed by atoms with Gasteiger partial charge < -0.3 is 9.30 Å². The lowest BCUT2D eigenvalue weighted by atomic mass is 10.2. The fourth-order valence-electron chi connectivity index (χ4n) is 2.69. The minimum Gasteiger partial charge on any atom is -0.465 e. The molecule has 0 aliphatic heterocycles. The SMILES string of the molecule is CCOC(=O)Cn1c(=NC(=O)c2cccc(S(C)(=O)=O)c2)sc2c(Cl)ccc(Cl)c21. The zero-order valence-electron chi connectivity index (χ0n) is 15.9. The van der Waals surface area contributed by atoms with Crippen LogP contribution in [0.2, 0.25) is 10.0 Å². The van der Waals surface area contributed by atoms with E-state index in [9.17, 15) is 18.0 Å². The number of thiazole rings is 1. The van der Waals surface area contributed by atoms with Crippen molar-refractivity contribution in [3.8, 4) is 0 Å². The van der Waals surface area contributed by atoms with Gasteiger partial charge in [-0.3, -0.25) is 9.59 Å².